The molecule has 2 aromatic rings. The topological polar surface area (TPSA) is 50.8 Å². The Bertz CT molecular complexity index is 480. The van der Waals surface area contributed by atoms with Crippen molar-refractivity contribution in [1.82, 2.24) is 15.2 Å². The van der Waals surface area contributed by atoms with Gasteiger partial charge in [-0.2, -0.15) is 5.10 Å². The maximum absolute atomic E-state index is 5.68. The second-order valence-corrected chi connectivity index (χ2v) is 5.18. The van der Waals surface area contributed by atoms with Crippen LogP contribution in [-0.4, -0.2) is 27.9 Å². The number of nitrogens with zero attached hydrogens (tertiary/aromatic N) is 2. The van der Waals surface area contributed by atoms with Crippen molar-refractivity contribution in [2.75, 3.05) is 6.61 Å². The Labute approximate surface area is 104 Å². The molecule has 1 aliphatic heterocycles. The highest BCUT2D eigenvalue weighted by Crippen LogP contribution is 2.32. The van der Waals surface area contributed by atoms with E-state index in [0.29, 0.717) is 12.0 Å². The van der Waals surface area contributed by atoms with Crippen LogP contribution in [0.15, 0.2) is 17.5 Å². The molecule has 0 spiro atoms. The number of ether oxygens (including phenoxy) is 1. The fourth-order valence-electron chi connectivity index (χ4n) is 2.32. The second-order valence-electron chi connectivity index (χ2n) is 4.23. The third kappa shape index (κ3) is 2.00. The molecule has 0 bridgehead atoms. The van der Waals surface area contributed by atoms with Crippen molar-refractivity contribution < 1.29 is 4.74 Å². The number of rotatable bonds is 3. The minimum Gasteiger partial charge on any atom is -0.377 e. The molecule has 1 aliphatic rings. The molecule has 3 rings (SSSR count). The molecule has 90 valence electrons. The van der Waals surface area contributed by atoms with Gasteiger partial charge in [0.1, 0.15) is 5.82 Å². The summed E-state index contributed by atoms with van der Waals surface area (Å²) in [6, 6.07) is 4.06. The summed E-state index contributed by atoms with van der Waals surface area (Å²) in [5.41, 5.74) is 0. The fraction of sp³-hybridized carbons (Fsp3) is 0.500. The summed E-state index contributed by atoms with van der Waals surface area (Å²) in [4.78, 5) is 5.71. The van der Waals surface area contributed by atoms with Gasteiger partial charge in [0, 0.05) is 12.5 Å². The summed E-state index contributed by atoms with van der Waals surface area (Å²) >= 11 is 1.66. The highest BCUT2D eigenvalue weighted by Gasteiger charge is 2.30. The van der Waals surface area contributed by atoms with Gasteiger partial charge in [0.05, 0.1) is 11.0 Å². The van der Waals surface area contributed by atoms with E-state index in [2.05, 4.69) is 22.1 Å². The van der Waals surface area contributed by atoms with E-state index in [9.17, 15) is 0 Å². The highest BCUT2D eigenvalue weighted by molar-refractivity contribution is 7.13. The van der Waals surface area contributed by atoms with Crippen LogP contribution in [0.4, 0.5) is 0 Å². The first-order valence-corrected chi connectivity index (χ1v) is 6.84. The smallest absolute Gasteiger partial charge is 0.191 e. The van der Waals surface area contributed by atoms with Crippen LogP contribution in [0.25, 0.3) is 10.7 Å². The van der Waals surface area contributed by atoms with Gasteiger partial charge >= 0.3 is 0 Å². The normalized spacial score (nSPS) is 24.3. The Hall–Kier alpha value is -1.20. The lowest BCUT2D eigenvalue weighted by Gasteiger charge is -2.13. The second kappa shape index (κ2) is 4.58. The minimum absolute atomic E-state index is 0.291. The van der Waals surface area contributed by atoms with Gasteiger partial charge in [-0.05, 0) is 24.3 Å². The molecule has 17 heavy (non-hydrogen) atoms. The number of H-pyrrole nitrogens is 1. The number of aromatic amines is 1. The van der Waals surface area contributed by atoms with Crippen molar-refractivity contribution in [3.05, 3.63) is 23.3 Å². The molecular weight excluding hydrogens is 234 g/mol. The third-order valence-corrected chi connectivity index (χ3v) is 4.07. The Kier molecular flexibility index (Phi) is 2.94. The van der Waals surface area contributed by atoms with Gasteiger partial charge in [0.15, 0.2) is 5.82 Å². The van der Waals surface area contributed by atoms with Gasteiger partial charge in [0.25, 0.3) is 0 Å². The van der Waals surface area contributed by atoms with Crippen LogP contribution in [0, 0.1) is 0 Å². The monoisotopic (exact) mass is 249 g/mol. The molecule has 0 saturated carbocycles. The number of hydrogen-bond acceptors (Lipinski definition) is 4. The van der Waals surface area contributed by atoms with Crippen LogP contribution in [-0.2, 0) is 4.74 Å². The van der Waals surface area contributed by atoms with Crippen LogP contribution < -0.4 is 0 Å². The maximum atomic E-state index is 5.68. The summed E-state index contributed by atoms with van der Waals surface area (Å²) < 4.78 is 5.68. The standard InChI is InChI=1S/C12H15N3OS/c1-2-9-8(5-6-16-9)11-13-12(15-14-11)10-4-3-7-17-10/h3-4,7-9H,2,5-6H2,1H3,(H,13,14,15). The Morgan fingerprint density at radius 3 is 3.29 bits per heavy atom. The number of thiophene rings is 1. The average molecular weight is 249 g/mol. The van der Waals surface area contributed by atoms with Crippen molar-refractivity contribution >= 4 is 11.3 Å². The van der Waals surface area contributed by atoms with Crippen LogP contribution in [0.5, 0.6) is 0 Å². The molecule has 1 fully saturated rings. The predicted molar refractivity (Wildman–Crippen MR) is 67.1 cm³/mol. The van der Waals surface area contributed by atoms with E-state index >= 15 is 0 Å². The number of hydrogen-bond donors (Lipinski definition) is 1. The first-order valence-electron chi connectivity index (χ1n) is 5.96. The van der Waals surface area contributed by atoms with Gasteiger partial charge in [-0.3, -0.25) is 5.10 Å². The molecule has 0 aliphatic carbocycles. The summed E-state index contributed by atoms with van der Waals surface area (Å²) in [5, 5.41) is 9.40. The molecule has 0 aromatic carbocycles. The third-order valence-electron chi connectivity index (χ3n) is 3.21. The van der Waals surface area contributed by atoms with Gasteiger partial charge in [-0.15, -0.1) is 11.3 Å². The van der Waals surface area contributed by atoms with Gasteiger partial charge in [-0.25, -0.2) is 4.98 Å². The van der Waals surface area contributed by atoms with E-state index in [4.69, 9.17) is 4.74 Å². The molecule has 0 radical (unpaired) electrons. The Morgan fingerprint density at radius 2 is 2.53 bits per heavy atom. The van der Waals surface area contributed by atoms with Crippen molar-refractivity contribution in [2.24, 2.45) is 0 Å². The van der Waals surface area contributed by atoms with E-state index < -0.39 is 0 Å². The summed E-state index contributed by atoms with van der Waals surface area (Å²) in [7, 11) is 0. The lowest BCUT2D eigenvalue weighted by Crippen LogP contribution is -2.14. The molecule has 2 atom stereocenters. The highest BCUT2D eigenvalue weighted by atomic mass is 32.1. The molecule has 1 N–H and O–H groups in total. The van der Waals surface area contributed by atoms with Gasteiger partial charge < -0.3 is 4.74 Å². The van der Waals surface area contributed by atoms with Gasteiger partial charge in [0.2, 0.25) is 0 Å². The maximum Gasteiger partial charge on any atom is 0.191 e. The van der Waals surface area contributed by atoms with E-state index in [1.807, 2.05) is 17.5 Å². The van der Waals surface area contributed by atoms with Crippen LogP contribution in [0.2, 0.25) is 0 Å². The molecule has 1 saturated heterocycles. The summed E-state index contributed by atoms with van der Waals surface area (Å²) in [6.07, 6.45) is 2.36. The quantitative estimate of drug-likeness (QED) is 0.910. The first-order chi connectivity index (χ1) is 8.38. The van der Waals surface area contributed by atoms with Gasteiger partial charge in [-0.1, -0.05) is 13.0 Å². The van der Waals surface area contributed by atoms with E-state index in [1.54, 1.807) is 11.3 Å². The molecule has 0 amide bonds. The van der Waals surface area contributed by atoms with E-state index in [-0.39, 0.29) is 0 Å². The van der Waals surface area contributed by atoms with Crippen LogP contribution in [0.1, 0.15) is 31.5 Å². The summed E-state index contributed by atoms with van der Waals surface area (Å²) in [5.74, 6) is 2.15. The van der Waals surface area contributed by atoms with Crippen LogP contribution >= 0.6 is 11.3 Å². The number of aromatic nitrogens is 3. The fourth-order valence-corrected chi connectivity index (χ4v) is 2.98. The molecule has 2 unspecified atom stereocenters. The van der Waals surface area contributed by atoms with Crippen LogP contribution in [0.3, 0.4) is 0 Å². The summed E-state index contributed by atoms with van der Waals surface area (Å²) in [6.45, 7) is 2.98. The zero-order valence-electron chi connectivity index (χ0n) is 9.72. The Morgan fingerprint density at radius 1 is 1.59 bits per heavy atom. The molecule has 4 nitrogen and oxygen atoms in total. The zero-order valence-corrected chi connectivity index (χ0v) is 10.5. The zero-order chi connectivity index (χ0) is 11.7. The SMILES string of the molecule is CCC1OCCC1c1nc(-c2cccs2)n[nH]1. The molecule has 3 heterocycles. The predicted octanol–water partition coefficient (Wildman–Crippen LogP) is 2.82. The van der Waals surface area contributed by atoms with E-state index in [0.717, 1.165) is 36.0 Å². The largest absolute Gasteiger partial charge is 0.377 e. The number of nitrogens with one attached hydrogen (secondary N) is 1. The van der Waals surface area contributed by atoms with Crippen molar-refractivity contribution in [3.8, 4) is 10.7 Å². The Balaban J connectivity index is 1.85. The van der Waals surface area contributed by atoms with Crippen molar-refractivity contribution in [3.63, 3.8) is 0 Å². The van der Waals surface area contributed by atoms with Crippen molar-refractivity contribution in [1.29, 1.82) is 0 Å². The molecule has 2 aromatic heterocycles. The lowest BCUT2D eigenvalue weighted by atomic mass is 9.99. The molecular formula is C12H15N3OS. The average Bonchev–Trinajstić information content (AvgIpc) is 3.09. The van der Waals surface area contributed by atoms with Crippen molar-refractivity contribution in [2.45, 2.75) is 31.8 Å². The first kappa shape index (κ1) is 10.9. The minimum atomic E-state index is 0.291. The molecule has 5 heteroatoms. The van der Waals surface area contributed by atoms with E-state index in [1.165, 1.54) is 0 Å². The lowest BCUT2D eigenvalue weighted by molar-refractivity contribution is 0.0995.